The van der Waals surface area contributed by atoms with Crippen LogP contribution in [0, 0.1) is 0 Å². The Morgan fingerprint density at radius 3 is 2.61 bits per heavy atom. The first kappa shape index (κ1) is 22.3. The molecule has 3 aromatic carbocycles. The van der Waals surface area contributed by atoms with Crippen molar-refractivity contribution in [3.8, 4) is 0 Å². The SMILES string of the molecule is O=C(CCn1ccc2ccccc21)Nc1cccc(C2(Cc3cc4ccccc4oc3=O)CC2O)c1. The number of rotatable bonds is 7. The highest BCUT2D eigenvalue weighted by atomic mass is 16.4. The summed E-state index contributed by atoms with van der Waals surface area (Å²) >= 11 is 0. The van der Waals surface area contributed by atoms with Crippen LogP contribution in [-0.4, -0.2) is 21.7 Å². The summed E-state index contributed by atoms with van der Waals surface area (Å²) < 4.78 is 7.58. The quantitative estimate of drug-likeness (QED) is 0.322. The van der Waals surface area contributed by atoms with Gasteiger partial charge in [-0.15, -0.1) is 0 Å². The second-order valence-corrected chi connectivity index (χ2v) is 9.60. The lowest BCUT2D eigenvalue weighted by Gasteiger charge is -2.18. The van der Waals surface area contributed by atoms with Crippen molar-refractivity contribution in [2.75, 3.05) is 5.32 Å². The normalized spacial score (nSPS) is 19.0. The molecule has 0 spiro atoms. The summed E-state index contributed by atoms with van der Waals surface area (Å²) in [6, 6.07) is 27.0. The molecule has 1 aliphatic rings. The Balaban J connectivity index is 1.18. The Kier molecular flexibility index (Phi) is 5.46. The number of aliphatic hydroxyl groups is 1. The number of benzene rings is 3. The molecular formula is C30H26N2O4. The number of anilines is 1. The summed E-state index contributed by atoms with van der Waals surface area (Å²) in [6.07, 6.45) is 2.71. The first-order valence-corrected chi connectivity index (χ1v) is 12.2. The van der Waals surface area contributed by atoms with E-state index in [1.165, 1.54) is 0 Å². The second kappa shape index (κ2) is 8.81. The van der Waals surface area contributed by atoms with E-state index in [2.05, 4.69) is 16.0 Å². The number of carbonyl (C=O) groups excluding carboxylic acids is 1. The lowest BCUT2D eigenvalue weighted by molar-refractivity contribution is -0.116. The highest BCUT2D eigenvalue weighted by molar-refractivity contribution is 5.91. The molecule has 0 radical (unpaired) electrons. The highest BCUT2D eigenvalue weighted by Gasteiger charge is 2.55. The number of para-hydroxylation sites is 2. The summed E-state index contributed by atoms with van der Waals surface area (Å²) in [4.78, 5) is 25.4. The van der Waals surface area contributed by atoms with Crippen LogP contribution in [0.4, 0.5) is 5.69 Å². The van der Waals surface area contributed by atoms with Crippen molar-refractivity contribution in [1.29, 1.82) is 0 Å². The van der Waals surface area contributed by atoms with E-state index in [9.17, 15) is 14.7 Å². The van der Waals surface area contributed by atoms with E-state index in [4.69, 9.17) is 4.42 Å². The van der Waals surface area contributed by atoms with Crippen LogP contribution in [0.2, 0.25) is 0 Å². The summed E-state index contributed by atoms with van der Waals surface area (Å²) in [5.74, 6) is -0.0782. The molecule has 2 atom stereocenters. The third-order valence-electron chi connectivity index (χ3n) is 7.24. The monoisotopic (exact) mass is 478 g/mol. The standard InChI is InChI=1S/C30H26N2O4/c33-27-19-30(27,18-22-16-21-7-2-4-11-26(21)36-29(22)35)23-8-5-9-24(17-23)31-28(34)13-15-32-14-12-20-6-1-3-10-25(20)32/h1-12,14,16-17,27,33H,13,15,18-19H2,(H,31,34). The number of hydrogen-bond donors (Lipinski definition) is 2. The van der Waals surface area contributed by atoms with Gasteiger partial charge in [0.2, 0.25) is 5.91 Å². The molecular weight excluding hydrogens is 452 g/mol. The number of aryl methyl sites for hydroxylation is 1. The number of aromatic nitrogens is 1. The van der Waals surface area contributed by atoms with Gasteiger partial charge in [-0.25, -0.2) is 4.79 Å². The molecule has 2 heterocycles. The van der Waals surface area contributed by atoms with Gasteiger partial charge < -0.3 is 19.4 Å². The van der Waals surface area contributed by atoms with Crippen molar-refractivity contribution < 1.29 is 14.3 Å². The Morgan fingerprint density at radius 2 is 1.78 bits per heavy atom. The molecule has 1 fully saturated rings. The Morgan fingerprint density at radius 1 is 1.00 bits per heavy atom. The maximum absolute atomic E-state index is 12.7. The zero-order valence-corrected chi connectivity index (χ0v) is 19.7. The van der Waals surface area contributed by atoms with Gasteiger partial charge in [0.05, 0.1) is 6.10 Å². The van der Waals surface area contributed by atoms with Crippen LogP contribution in [0.1, 0.15) is 24.0 Å². The Hall–Kier alpha value is -4.16. The number of hydrogen-bond acceptors (Lipinski definition) is 4. The van der Waals surface area contributed by atoms with E-state index in [0.29, 0.717) is 42.6 Å². The molecule has 6 heteroatoms. The van der Waals surface area contributed by atoms with Gasteiger partial charge in [-0.05, 0) is 60.2 Å². The summed E-state index contributed by atoms with van der Waals surface area (Å²) in [7, 11) is 0. The Labute approximate surface area is 207 Å². The van der Waals surface area contributed by atoms with E-state index in [0.717, 1.165) is 21.9 Å². The van der Waals surface area contributed by atoms with Crippen molar-refractivity contribution in [2.45, 2.75) is 37.3 Å². The van der Waals surface area contributed by atoms with Gasteiger partial charge in [0.25, 0.3) is 0 Å². The molecule has 2 aromatic heterocycles. The highest BCUT2D eigenvalue weighted by Crippen LogP contribution is 2.51. The smallest absolute Gasteiger partial charge is 0.339 e. The van der Waals surface area contributed by atoms with Gasteiger partial charge in [-0.1, -0.05) is 48.5 Å². The fourth-order valence-corrected chi connectivity index (χ4v) is 5.14. The maximum Gasteiger partial charge on any atom is 0.339 e. The summed E-state index contributed by atoms with van der Waals surface area (Å²) in [6.45, 7) is 0.583. The van der Waals surface area contributed by atoms with Crippen LogP contribution in [0.5, 0.6) is 0 Å². The fraction of sp³-hybridized carbons (Fsp3) is 0.200. The summed E-state index contributed by atoms with van der Waals surface area (Å²) in [5.41, 5.74) is 2.83. The van der Waals surface area contributed by atoms with Crippen LogP contribution in [0.25, 0.3) is 21.9 Å². The minimum absolute atomic E-state index is 0.0782. The molecule has 0 aliphatic heterocycles. The number of nitrogens with zero attached hydrogens (tertiary/aromatic N) is 1. The number of aliphatic hydroxyl groups excluding tert-OH is 1. The third kappa shape index (κ3) is 4.10. The molecule has 1 amide bonds. The molecule has 1 aliphatic carbocycles. The van der Waals surface area contributed by atoms with Crippen LogP contribution < -0.4 is 10.9 Å². The topological polar surface area (TPSA) is 84.5 Å². The summed E-state index contributed by atoms with van der Waals surface area (Å²) in [5, 5.41) is 15.6. The lowest BCUT2D eigenvalue weighted by atomic mass is 9.88. The van der Waals surface area contributed by atoms with Gasteiger partial charge in [0.1, 0.15) is 5.58 Å². The molecule has 180 valence electrons. The second-order valence-electron chi connectivity index (χ2n) is 9.60. The lowest BCUT2D eigenvalue weighted by Crippen LogP contribution is -2.21. The molecule has 0 saturated heterocycles. The number of nitrogens with one attached hydrogen (secondary N) is 1. The Bertz CT molecular complexity index is 1650. The van der Waals surface area contributed by atoms with Crippen molar-refractivity contribution in [2.24, 2.45) is 0 Å². The van der Waals surface area contributed by atoms with Crippen LogP contribution in [0.15, 0.2) is 100 Å². The van der Waals surface area contributed by atoms with E-state index >= 15 is 0 Å². The number of fused-ring (bicyclic) bond motifs is 2. The van der Waals surface area contributed by atoms with Crippen LogP contribution >= 0.6 is 0 Å². The molecule has 5 aromatic rings. The zero-order valence-electron chi connectivity index (χ0n) is 19.7. The van der Waals surface area contributed by atoms with E-state index in [1.54, 1.807) is 6.07 Å². The largest absolute Gasteiger partial charge is 0.423 e. The van der Waals surface area contributed by atoms with Crippen molar-refractivity contribution in [3.63, 3.8) is 0 Å². The number of carbonyl (C=O) groups is 1. The van der Waals surface area contributed by atoms with Crippen LogP contribution in [0.3, 0.4) is 0 Å². The maximum atomic E-state index is 12.7. The van der Waals surface area contributed by atoms with Crippen LogP contribution in [-0.2, 0) is 23.2 Å². The minimum atomic E-state index is -0.568. The molecule has 2 N–H and O–H groups in total. The van der Waals surface area contributed by atoms with Gasteiger partial charge in [0.15, 0.2) is 0 Å². The third-order valence-corrected chi connectivity index (χ3v) is 7.24. The van der Waals surface area contributed by atoms with Gasteiger partial charge in [-0.2, -0.15) is 0 Å². The fourth-order valence-electron chi connectivity index (χ4n) is 5.14. The first-order chi connectivity index (χ1) is 17.5. The average Bonchev–Trinajstić information content (AvgIpc) is 3.36. The van der Waals surface area contributed by atoms with Gasteiger partial charge >= 0.3 is 5.63 Å². The molecule has 2 unspecified atom stereocenters. The molecule has 0 bridgehead atoms. The van der Waals surface area contributed by atoms with Crippen molar-refractivity contribution in [1.82, 2.24) is 4.57 Å². The van der Waals surface area contributed by atoms with Gasteiger partial charge in [-0.3, -0.25) is 4.79 Å². The average molecular weight is 479 g/mol. The van der Waals surface area contributed by atoms with Crippen molar-refractivity contribution >= 4 is 33.5 Å². The minimum Gasteiger partial charge on any atom is -0.423 e. The van der Waals surface area contributed by atoms with E-state index < -0.39 is 11.5 Å². The zero-order chi connectivity index (χ0) is 24.7. The van der Waals surface area contributed by atoms with E-state index in [-0.39, 0.29) is 11.5 Å². The molecule has 1 saturated carbocycles. The predicted octanol–water partition coefficient (Wildman–Crippen LogP) is 5.02. The first-order valence-electron chi connectivity index (χ1n) is 12.2. The van der Waals surface area contributed by atoms with Crippen molar-refractivity contribution in [3.05, 3.63) is 113 Å². The molecule has 36 heavy (non-hydrogen) atoms. The number of amides is 1. The van der Waals surface area contributed by atoms with E-state index in [1.807, 2.05) is 79.0 Å². The predicted molar refractivity (Wildman–Crippen MR) is 140 cm³/mol. The molecule has 6 rings (SSSR count). The van der Waals surface area contributed by atoms with Gasteiger partial charge in [0, 0.05) is 46.7 Å². The molecule has 6 nitrogen and oxygen atoms in total.